The number of rotatable bonds is 2. The van der Waals surface area contributed by atoms with Crippen LogP contribution < -0.4 is 11.1 Å². The van der Waals surface area contributed by atoms with E-state index < -0.39 is 35.4 Å². The van der Waals surface area contributed by atoms with Crippen LogP contribution in [0.15, 0.2) is 24.3 Å². The molecule has 2 rings (SSSR count). The number of hydrogen-bond donors (Lipinski definition) is 2. The first-order valence-electron chi connectivity index (χ1n) is 6.55. The molecule has 3 N–H and O–H groups in total. The molecule has 1 heterocycles. The highest BCUT2D eigenvalue weighted by atomic mass is 19.4. The predicted molar refractivity (Wildman–Crippen MR) is 69.5 cm³/mol. The normalized spacial score (nSPS) is 23.3. The topological polar surface area (TPSA) is 72.2 Å². The van der Waals surface area contributed by atoms with Crippen LogP contribution in [0.4, 0.5) is 13.2 Å². The fourth-order valence-corrected chi connectivity index (χ4v) is 2.35. The largest absolute Gasteiger partial charge is 0.416 e. The van der Waals surface area contributed by atoms with Gasteiger partial charge in [-0.3, -0.25) is 9.59 Å². The van der Waals surface area contributed by atoms with Crippen molar-refractivity contribution in [2.75, 3.05) is 6.54 Å². The Kier molecular flexibility index (Phi) is 4.32. The average molecular weight is 300 g/mol. The van der Waals surface area contributed by atoms with Crippen LogP contribution in [0.2, 0.25) is 0 Å². The molecule has 114 valence electrons. The van der Waals surface area contributed by atoms with Crippen molar-refractivity contribution in [3.63, 3.8) is 0 Å². The van der Waals surface area contributed by atoms with E-state index in [0.29, 0.717) is 19.4 Å². The Balaban J connectivity index is 2.21. The van der Waals surface area contributed by atoms with Gasteiger partial charge in [-0.25, -0.2) is 0 Å². The van der Waals surface area contributed by atoms with Gasteiger partial charge >= 0.3 is 6.18 Å². The van der Waals surface area contributed by atoms with Gasteiger partial charge in [-0.2, -0.15) is 13.2 Å². The number of carbonyl (C=O) groups excluding carboxylic acids is 2. The Hall–Kier alpha value is -1.89. The Morgan fingerprint density at radius 3 is 2.43 bits per heavy atom. The third-order valence-corrected chi connectivity index (χ3v) is 3.56. The second-order valence-electron chi connectivity index (χ2n) is 5.00. The number of nitrogens with one attached hydrogen (secondary N) is 1. The highest BCUT2D eigenvalue weighted by Gasteiger charge is 2.34. The number of halogens is 3. The van der Waals surface area contributed by atoms with E-state index in [4.69, 9.17) is 5.73 Å². The van der Waals surface area contributed by atoms with E-state index in [1.807, 2.05) is 0 Å². The maximum Gasteiger partial charge on any atom is 0.416 e. The summed E-state index contributed by atoms with van der Waals surface area (Å²) in [5.41, 5.74) is 5.07. The van der Waals surface area contributed by atoms with Crippen molar-refractivity contribution in [3.8, 4) is 0 Å². The average Bonchev–Trinajstić information content (AvgIpc) is 2.60. The summed E-state index contributed by atoms with van der Waals surface area (Å²) in [6.45, 7) is 0.448. The molecule has 1 saturated heterocycles. The van der Waals surface area contributed by atoms with E-state index >= 15 is 0 Å². The summed E-state index contributed by atoms with van der Waals surface area (Å²) >= 11 is 0. The molecule has 7 heteroatoms. The van der Waals surface area contributed by atoms with E-state index in [9.17, 15) is 22.8 Å². The van der Waals surface area contributed by atoms with Gasteiger partial charge in [-0.15, -0.1) is 0 Å². The van der Waals surface area contributed by atoms with Crippen LogP contribution in [0.25, 0.3) is 0 Å². The van der Waals surface area contributed by atoms with Crippen molar-refractivity contribution in [2.45, 2.75) is 25.1 Å². The van der Waals surface area contributed by atoms with Crippen LogP contribution in [0.3, 0.4) is 0 Å². The SMILES string of the molecule is NC1C(=O)NCCCC1C(=O)c1ccc(C(F)(F)F)cc1. The number of alkyl halides is 3. The van der Waals surface area contributed by atoms with Crippen molar-refractivity contribution in [1.29, 1.82) is 0 Å². The van der Waals surface area contributed by atoms with Crippen molar-refractivity contribution >= 4 is 11.7 Å². The lowest BCUT2D eigenvalue weighted by molar-refractivity contribution is -0.137. The molecule has 1 aromatic carbocycles. The van der Waals surface area contributed by atoms with E-state index in [0.717, 1.165) is 24.3 Å². The number of ketones is 1. The number of nitrogens with two attached hydrogens (primary N) is 1. The third kappa shape index (κ3) is 3.41. The fourth-order valence-electron chi connectivity index (χ4n) is 2.35. The van der Waals surface area contributed by atoms with Crippen LogP contribution in [0.5, 0.6) is 0 Å². The minimum Gasteiger partial charge on any atom is -0.355 e. The second-order valence-corrected chi connectivity index (χ2v) is 5.00. The van der Waals surface area contributed by atoms with Crippen molar-refractivity contribution in [1.82, 2.24) is 5.32 Å². The molecule has 1 aromatic rings. The molecule has 0 aromatic heterocycles. The zero-order chi connectivity index (χ0) is 15.6. The van der Waals surface area contributed by atoms with Crippen LogP contribution in [-0.2, 0) is 11.0 Å². The van der Waals surface area contributed by atoms with Gasteiger partial charge in [0.1, 0.15) is 0 Å². The summed E-state index contributed by atoms with van der Waals surface area (Å²) in [6.07, 6.45) is -3.41. The highest BCUT2D eigenvalue weighted by Crippen LogP contribution is 2.29. The van der Waals surface area contributed by atoms with Gasteiger partial charge in [-0.1, -0.05) is 12.1 Å². The molecule has 1 amide bonds. The zero-order valence-corrected chi connectivity index (χ0v) is 11.1. The maximum absolute atomic E-state index is 12.5. The zero-order valence-electron chi connectivity index (χ0n) is 11.1. The molecule has 1 aliphatic heterocycles. The molecule has 21 heavy (non-hydrogen) atoms. The highest BCUT2D eigenvalue weighted by molar-refractivity contribution is 6.01. The Bertz CT molecular complexity index is 540. The van der Waals surface area contributed by atoms with Gasteiger partial charge in [0, 0.05) is 18.0 Å². The predicted octanol–water partition coefficient (Wildman–Crippen LogP) is 1.74. The van der Waals surface area contributed by atoms with Crippen LogP contribution >= 0.6 is 0 Å². The Morgan fingerprint density at radius 1 is 1.24 bits per heavy atom. The smallest absolute Gasteiger partial charge is 0.355 e. The number of benzene rings is 1. The summed E-state index contributed by atoms with van der Waals surface area (Å²) in [5.74, 6) is -1.50. The summed E-state index contributed by atoms with van der Waals surface area (Å²) in [5, 5.41) is 2.59. The number of carbonyl (C=O) groups is 2. The molecule has 0 aliphatic carbocycles. The summed E-state index contributed by atoms with van der Waals surface area (Å²) in [6, 6.07) is 2.99. The summed E-state index contributed by atoms with van der Waals surface area (Å²) in [4.78, 5) is 23.9. The lowest BCUT2D eigenvalue weighted by atomic mass is 9.87. The minimum absolute atomic E-state index is 0.137. The molecule has 0 radical (unpaired) electrons. The molecule has 1 fully saturated rings. The molecule has 2 atom stereocenters. The van der Waals surface area contributed by atoms with Crippen LogP contribution in [-0.4, -0.2) is 24.3 Å². The van der Waals surface area contributed by atoms with Crippen LogP contribution in [0, 0.1) is 5.92 Å². The quantitative estimate of drug-likeness (QED) is 0.817. The molecule has 1 aliphatic rings. The van der Waals surface area contributed by atoms with Gasteiger partial charge < -0.3 is 11.1 Å². The third-order valence-electron chi connectivity index (χ3n) is 3.56. The first kappa shape index (κ1) is 15.5. The van der Waals surface area contributed by atoms with E-state index in [1.165, 1.54) is 0 Å². The fraction of sp³-hybridized carbons (Fsp3) is 0.429. The Morgan fingerprint density at radius 2 is 1.86 bits per heavy atom. The van der Waals surface area contributed by atoms with Gasteiger partial charge in [0.15, 0.2) is 5.78 Å². The van der Waals surface area contributed by atoms with E-state index in [1.54, 1.807) is 0 Å². The summed E-state index contributed by atoms with van der Waals surface area (Å²) in [7, 11) is 0. The number of Topliss-reactive ketones (excluding diaryl/α,β-unsaturated/α-hetero) is 1. The lowest BCUT2D eigenvalue weighted by Crippen LogP contribution is -2.45. The Labute approximate surface area is 119 Å². The number of hydrogen-bond acceptors (Lipinski definition) is 3. The number of amides is 1. The monoisotopic (exact) mass is 300 g/mol. The molecule has 0 bridgehead atoms. The van der Waals surface area contributed by atoms with E-state index in [2.05, 4.69) is 5.32 Å². The van der Waals surface area contributed by atoms with Crippen molar-refractivity contribution < 1.29 is 22.8 Å². The van der Waals surface area contributed by atoms with Crippen molar-refractivity contribution in [3.05, 3.63) is 35.4 Å². The minimum atomic E-state index is -4.44. The standard InChI is InChI=1S/C14H15F3N2O2/c15-14(16,17)9-5-3-8(4-6-9)12(20)10-2-1-7-19-13(21)11(10)18/h3-6,10-11H,1-2,7,18H2,(H,19,21). The van der Waals surface area contributed by atoms with Gasteiger partial charge in [0.25, 0.3) is 0 Å². The van der Waals surface area contributed by atoms with Gasteiger partial charge in [0.05, 0.1) is 11.6 Å². The molecular formula is C14H15F3N2O2. The van der Waals surface area contributed by atoms with E-state index in [-0.39, 0.29) is 5.56 Å². The summed E-state index contributed by atoms with van der Waals surface area (Å²) < 4.78 is 37.5. The molecule has 0 spiro atoms. The lowest BCUT2D eigenvalue weighted by Gasteiger charge is -2.18. The first-order valence-corrected chi connectivity index (χ1v) is 6.55. The molecule has 0 saturated carbocycles. The molecule has 2 unspecified atom stereocenters. The van der Waals surface area contributed by atoms with Crippen LogP contribution in [0.1, 0.15) is 28.8 Å². The first-order chi connectivity index (χ1) is 9.80. The maximum atomic E-state index is 12.5. The molecule has 4 nitrogen and oxygen atoms in total. The van der Waals surface area contributed by atoms with Gasteiger partial charge in [-0.05, 0) is 25.0 Å². The van der Waals surface area contributed by atoms with Crippen molar-refractivity contribution in [2.24, 2.45) is 11.7 Å². The second kappa shape index (κ2) is 5.85. The van der Waals surface area contributed by atoms with Gasteiger partial charge in [0.2, 0.25) is 5.91 Å². The molecular weight excluding hydrogens is 285 g/mol.